The molecule has 2 N–H and O–H groups in total. The van der Waals surface area contributed by atoms with Crippen LogP contribution in [-0.4, -0.2) is 29.9 Å². The SMILES string of the molecule is Cc1noc(NS(=O)(=O)c2ccc(Nc3cc(-c4ccccc4COc4ccc(OC(F)(F)F)cc4)ncn3)cc2)c1C. The van der Waals surface area contributed by atoms with Crippen molar-refractivity contribution in [2.45, 2.75) is 31.7 Å². The second-order valence-electron chi connectivity index (χ2n) is 9.23. The summed E-state index contributed by atoms with van der Waals surface area (Å²) in [5.74, 6) is 0.543. The van der Waals surface area contributed by atoms with Crippen molar-refractivity contribution in [1.82, 2.24) is 15.1 Å². The molecular formula is C29H24F3N5O5S. The van der Waals surface area contributed by atoms with Gasteiger partial charge in [-0.15, -0.1) is 13.2 Å². The fourth-order valence-corrected chi connectivity index (χ4v) is 4.97. The minimum Gasteiger partial charge on any atom is -0.489 e. The second-order valence-corrected chi connectivity index (χ2v) is 10.9. The van der Waals surface area contributed by atoms with Gasteiger partial charge in [0.15, 0.2) is 0 Å². The van der Waals surface area contributed by atoms with Crippen molar-refractivity contribution in [3.05, 3.63) is 102 Å². The number of nitrogens with zero attached hydrogens (tertiary/aromatic N) is 3. The number of aryl methyl sites for hydroxylation is 1. The topological polar surface area (TPSA) is 128 Å². The summed E-state index contributed by atoms with van der Waals surface area (Å²) in [4.78, 5) is 8.67. The number of benzene rings is 3. The van der Waals surface area contributed by atoms with E-state index in [0.29, 0.717) is 34.2 Å². The van der Waals surface area contributed by atoms with Crippen LogP contribution in [-0.2, 0) is 16.6 Å². The molecule has 14 heteroatoms. The number of sulfonamides is 1. The van der Waals surface area contributed by atoms with Crippen molar-refractivity contribution in [3.8, 4) is 22.8 Å². The van der Waals surface area contributed by atoms with Crippen LogP contribution in [0.2, 0.25) is 0 Å². The van der Waals surface area contributed by atoms with Crippen molar-refractivity contribution in [3.63, 3.8) is 0 Å². The van der Waals surface area contributed by atoms with Crippen LogP contribution in [0.3, 0.4) is 0 Å². The Kier molecular flexibility index (Phi) is 8.21. The molecule has 0 saturated heterocycles. The highest BCUT2D eigenvalue weighted by Gasteiger charge is 2.31. The number of rotatable bonds is 10. The van der Waals surface area contributed by atoms with Crippen LogP contribution in [0.5, 0.6) is 11.5 Å². The summed E-state index contributed by atoms with van der Waals surface area (Å²) in [7, 11) is -3.90. The van der Waals surface area contributed by atoms with E-state index in [9.17, 15) is 21.6 Å². The molecule has 0 bridgehead atoms. The van der Waals surface area contributed by atoms with Gasteiger partial charge in [-0.1, -0.05) is 29.4 Å². The Bertz CT molecular complexity index is 1830. The quantitative estimate of drug-likeness (QED) is 0.176. The van der Waals surface area contributed by atoms with E-state index < -0.39 is 16.4 Å². The maximum absolute atomic E-state index is 12.8. The van der Waals surface area contributed by atoms with Crippen LogP contribution in [0.1, 0.15) is 16.8 Å². The number of alkyl halides is 3. The maximum Gasteiger partial charge on any atom is 0.573 e. The summed E-state index contributed by atoms with van der Waals surface area (Å²) in [5.41, 5.74) is 3.90. The highest BCUT2D eigenvalue weighted by Crippen LogP contribution is 2.28. The second kappa shape index (κ2) is 12.0. The van der Waals surface area contributed by atoms with E-state index >= 15 is 0 Å². The van der Waals surface area contributed by atoms with Gasteiger partial charge in [-0.3, -0.25) is 0 Å². The molecule has 222 valence electrons. The first-order valence-corrected chi connectivity index (χ1v) is 14.2. The van der Waals surface area contributed by atoms with E-state index in [-0.39, 0.29) is 23.1 Å². The van der Waals surface area contributed by atoms with Gasteiger partial charge in [-0.05, 0) is 67.9 Å². The fraction of sp³-hybridized carbons (Fsp3) is 0.138. The molecule has 0 fully saturated rings. The monoisotopic (exact) mass is 611 g/mol. The molecule has 0 spiro atoms. The highest BCUT2D eigenvalue weighted by atomic mass is 32.2. The molecule has 5 rings (SSSR count). The molecule has 3 aromatic carbocycles. The average molecular weight is 612 g/mol. The summed E-state index contributed by atoms with van der Waals surface area (Å²) in [6, 6.07) is 20.3. The minimum atomic E-state index is -4.77. The molecule has 0 aliphatic rings. The molecule has 2 aromatic heterocycles. The molecule has 0 aliphatic carbocycles. The highest BCUT2D eigenvalue weighted by molar-refractivity contribution is 7.92. The lowest BCUT2D eigenvalue weighted by Gasteiger charge is -2.13. The summed E-state index contributed by atoms with van der Waals surface area (Å²) >= 11 is 0. The maximum atomic E-state index is 12.8. The molecule has 0 amide bonds. The van der Waals surface area contributed by atoms with E-state index in [1.54, 1.807) is 32.0 Å². The first-order valence-electron chi connectivity index (χ1n) is 12.7. The van der Waals surface area contributed by atoms with Crippen LogP contribution in [0.25, 0.3) is 11.3 Å². The third kappa shape index (κ3) is 7.40. The lowest BCUT2D eigenvalue weighted by atomic mass is 10.0. The Labute approximate surface area is 244 Å². The van der Waals surface area contributed by atoms with Crippen LogP contribution in [0.15, 0.2) is 94.6 Å². The smallest absolute Gasteiger partial charge is 0.489 e. The third-order valence-corrected chi connectivity index (χ3v) is 7.58. The molecule has 0 unspecified atom stereocenters. The van der Waals surface area contributed by atoms with E-state index in [4.69, 9.17) is 9.26 Å². The van der Waals surface area contributed by atoms with Crippen molar-refractivity contribution >= 4 is 27.4 Å². The van der Waals surface area contributed by atoms with Crippen LogP contribution in [0, 0.1) is 13.8 Å². The number of hydrogen-bond donors (Lipinski definition) is 2. The van der Waals surface area contributed by atoms with Gasteiger partial charge in [-0.25, -0.2) is 23.1 Å². The number of aromatic nitrogens is 3. The molecule has 2 heterocycles. The number of anilines is 3. The van der Waals surface area contributed by atoms with E-state index in [0.717, 1.165) is 11.1 Å². The first-order chi connectivity index (χ1) is 20.5. The summed E-state index contributed by atoms with van der Waals surface area (Å²) in [6.45, 7) is 3.54. The summed E-state index contributed by atoms with van der Waals surface area (Å²) in [6.07, 6.45) is -3.38. The molecule has 43 heavy (non-hydrogen) atoms. The summed E-state index contributed by atoms with van der Waals surface area (Å²) < 4.78 is 79.9. The van der Waals surface area contributed by atoms with Crippen LogP contribution >= 0.6 is 0 Å². The van der Waals surface area contributed by atoms with E-state index in [1.807, 2.05) is 24.3 Å². The molecule has 0 radical (unpaired) electrons. The molecule has 5 aromatic rings. The molecule has 10 nitrogen and oxygen atoms in total. The van der Waals surface area contributed by atoms with Gasteiger partial charge in [0.2, 0.25) is 5.88 Å². The molecular weight excluding hydrogens is 587 g/mol. The predicted molar refractivity (Wildman–Crippen MR) is 151 cm³/mol. The lowest BCUT2D eigenvalue weighted by Crippen LogP contribution is -2.16. The largest absolute Gasteiger partial charge is 0.573 e. The Morgan fingerprint density at radius 3 is 2.28 bits per heavy atom. The van der Waals surface area contributed by atoms with Gasteiger partial charge in [0, 0.05) is 22.9 Å². The predicted octanol–water partition coefficient (Wildman–Crippen LogP) is 6.77. The Morgan fingerprint density at radius 1 is 0.907 bits per heavy atom. The van der Waals surface area contributed by atoms with E-state index in [2.05, 4.69) is 29.9 Å². The van der Waals surface area contributed by atoms with Crippen LogP contribution < -0.4 is 19.5 Å². The number of nitrogens with one attached hydrogen (secondary N) is 2. The van der Waals surface area contributed by atoms with Crippen LogP contribution in [0.4, 0.5) is 30.6 Å². The van der Waals surface area contributed by atoms with Crippen molar-refractivity contribution in [2.24, 2.45) is 0 Å². The van der Waals surface area contributed by atoms with Gasteiger partial charge in [0.25, 0.3) is 10.0 Å². The normalized spacial score (nSPS) is 11.7. The first kappa shape index (κ1) is 29.4. The number of ether oxygens (including phenoxy) is 2. The summed E-state index contributed by atoms with van der Waals surface area (Å²) in [5, 5.41) is 6.89. The van der Waals surface area contributed by atoms with Gasteiger partial charge >= 0.3 is 6.36 Å². The van der Waals surface area contributed by atoms with Gasteiger partial charge in [-0.2, -0.15) is 0 Å². The van der Waals surface area contributed by atoms with E-state index in [1.165, 1.54) is 42.7 Å². The van der Waals surface area contributed by atoms with Gasteiger partial charge < -0.3 is 19.3 Å². The zero-order valence-electron chi connectivity index (χ0n) is 22.7. The number of hydrogen-bond acceptors (Lipinski definition) is 9. The number of halogens is 3. The molecule has 0 atom stereocenters. The minimum absolute atomic E-state index is 0.0336. The van der Waals surface area contributed by atoms with Crippen molar-refractivity contribution < 1.29 is 35.6 Å². The molecule has 0 saturated carbocycles. The zero-order valence-corrected chi connectivity index (χ0v) is 23.5. The van der Waals surface area contributed by atoms with Crippen molar-refractivity contribution in [2.75, 3.05) is 10.0 Å². The Morgan fingerprint density at radius 2 is 1.60 bits per heavy atom. The fourth-order valence-electron chi connectivity index (χ4n) is 3.92. The zero-order chi connectivity index (χ0) is 30.6. The average Bonchev–Trinajstić information content (AvgIpc) is 3.28. The lowest BCUT2D eigenvalue weighted by molar-refractivity contribution is -0.274. The standard InChI is InChI=1S/C29H24F3N5O5S/c1-18-19(2)36-42-28(18)37-43(38,39)24-13-7-21(8-14-24)35-27-15-26(33-17-34-27)25-6-4-3-5-20(25)16-40-22-9-11-23(12-10-22)41-29(30,31)32/h3-15,17,37H,16H2,1-2H3,(H,33,34,35). The Balaban J connectivity index is 1.26. The van der Waals surface area contributed by atoms with Gasteiger partial charge in [0.1, 0.15) is 30.3 Å². The molecule has 0 aliphatic heterocycles. The van der Waals surface area contributed by atoms with Crippen molar-refractivity contribution in [1.29, 1.82) is 0 Å². The van der Waals surface area contributed by atoms with Gasteiger partial charge in [0.05, 0.1) is 16.3 Å². The Hall–Kier alpha value is -5.11. The third-order valence-electron chi connectivity index (χ3n) is 6.23.